The summed E-state index contributed by atoms with van der Waals surface area (Å²) in [5.74, 6) is 0. The smallest absolute Gasteiger partial charge is 0.186 e. The van der Waals surface area contributed by atoms with Gasteiger partial charge in [-0.2, -0.15) is 0 Å². The monoisotopic (exact) mass is 477 g/mol. The van der Waals surface area contributed by atoms with Gasteiger partial charge in [0.15, 0.2) is 5.13 Å². The van der Waals surface area contributed by atoms with Crippen molar-refractivity contribution in [1.82, 2.24) is 9.88 Å². The molecule has 0 aliphatic carbocycles. The maximum Gasteiger partial charge on any atom is 0.186 e. The highest BCUT2D eigenvalue weighted by atomic mass is 127. The number of fused-ring (bicyclic) bond motifs is 1. The summed E-state index contributed by atoms with van der Waals surface area (Å²) < 4.78 is 2.51. The lowest BCUT2D eigenvalue weighted by Gasteiger charge is -2.39. The third-order valence-corrected chi connectivity index (χ3v) is 6.52. The zero-order chi connectivity index (χ0) is 18.1. The molecule has 4 rings (SSSR count). The molecule has 4 nitrogen and oxygen atoms in total. The number of aldehydes is 1. The summed E-state index contributed by atoms with van der Waals surface area (Å²) >= 11 is 4.14. The molecule has 1 unspecified atom stereocenters. The summed E-state index contributed by atoms with van der Waals surface area (Å²) in [6, 6.07) is 14.7. The van der Waals surface area contributed by atoms with Gasteiger partial charge >= 0.3 is 0 Å². The molecule has 134 valence electrons. The zero-order valence-corrected chi connectivity index (χ0v) is 17.5. The van der Waals surface area contributed by atoms with E-state index < -0.39 is 0 Å². The van der Waals surface area contributed by atoms with Gasteiger partial charge in [0.1, 0.15) is 6.29 Å². The molecule has 0 radical (unpaired) electrons. The molecule has 26 heavy (non-hydrogen) atoms. The molecule has 1 atom stereocenters. The maximum absolute atomic E-state index is 11.0. The highest BCUT2D eigenvalue weighted by Crippen LogP contribution is 2.32. The summed E-state index contributed by atoms with van der Waals surface area (Å²) in [4.78, 5) is 20.7. The number of aromatic nitrogens is 1. The number of hydrogen-bond donors (Lipinski definition) is 0. The lowest BCUT2D eigenvalue weighted by molar-refractivity contribution is 0.112. The van der Waals surface area contributed by atoms with Crippen molar-refractivity contribution in [2.45, 2.75) is 19.5 Å². The van der Waals surface area contributed by atoms with Gasteiger partial charge in [0.25, 0.3) is 0 Å². The van der Waals surface area contributed by atoms with Gasteiger partial charge in [0, 0.05) is 41.4 Å². The van der Waals surface area contributed by atoms with Crippen LogP contribution < -0.4 is 4.90 Å². The van der Waals surface area contributed by atoms with Crippen LogP contribution in [-0.4, -0.2) is 41.8 Å². The van der Waals surface area contributed by atoms with E-state index in [2.05, 4.69) is 63.6 Å². The third kappa shape index (κ3) is 3.77. The van der Waals surface area contributed by atoms with Crippen LogP contribution in [0.3, 0.4) is 0 Å². The Morgan fingerprint density at radius 2 is 2.15 bits per heavy atom. The Bertz CT molecular complexity index is 942. The van der Waals surface area contributed by atoms with Gasteiger partial charge in [-0.1, -0.05) is 29.5 Å². The Kier molecular flexibility index (Phi) is 5.24. The first-order valence-corrected chi connectivity index (χ1v) is 10.6. The Labute approximate surface area is 171 Å². The molecule has 2 aromatic carbocycles. The fraction of sp³-hybridized carbons (Fsp3) is 0.300. The number of halogens is 1. The Balaban J connectivity index is 1.46. The second-order valence-corrected chi connectivity index (χ2v) is 9.00. The highest BCUT2D eigenvalue weighted by molar-refractivity contribution is 14.1. The highest BCUT2D eigenvalue weighted by Gasteiger charge is 2.26. The molecule has 6 heteroatoms. The van der Waals surface area contributed by atoms with Crippen LogP contribution in [0.5, 0.6) is 0 Å². The normalized spacial score (nSPS) is 18.4. The van der Waals surface area contributed by atoms with E-state index in [1.807, 2.05) is 18.2 Å². The lowest BCUT2D eigenvalue weighted by atomic mass is 10.1. The first kappa shape index (κ1) is 17.9. The summed E-state index contributed by atoms with van der Waals surface area (Å²) in [6.07, 6.45) is 0.915. The summed E-state index contributed by atoms with van der Waals surface area (Å²) in [7, 11) is 0. The van der Waals surface area contributed by atoms with Crippen molar-refractivity contribution in [3.8, 4) is 0 Å². The average Bonchev–Trinajstić information content (AvgIpc) is 3.04. The molecule has 2 heterocycles. The van der Waals surface area contributed by atoms with Crippen LogP contribution in [-0.2, 0) is 6.54 Å². The zero-order valence-electron chi connectivity index (χ0n) is 14.6. The van der Waals surface area contributed by atoms with Gasteiger partial charge in [-0.05, 0) is 59.3 Å². The number of carbonyl (C=O) groups is 1. The number of rotatable bonds is 4. The second-order valence-electron chi connectivity index (χ2n) is 6.75. The van der Waals surface area contributed by atoms with Crippen LogP contribution >= 0.6 is 33.9 Å². The fourth-order valence-corrected chi connectivity index (χ4v) is 5.33. The third-order valence-electron chi connectivity index (χ3n) is 4.79. The SMILES string of the molecule is CC1CN(Cc2cccc(C=O)c2)CCN1c1nc2ccc(I)cc2s1. The molecule has 1 aliphatic rings. The maximum atomic E-state index is 11.0. The Hall–Kier alpha value is -1.51. The van der Waals surface area contributed by atoms with E-state index in [0.29, 0.717) is 6.04 Å². The largest absolute Gasteiger partial charge is 0.343 e. The van der Waals surface area contributed by atoms with Gasteiger partial charge in [-0.15, -0.1) is 0 Å². The van der Waals surface area contributed by atoms with Crippen LogP contribution in [0.25, 0.3) is 10.2 Å². The number of anilines is 1. The van der Waals surface area contributed by atoms with E-state index in [-0.39, 0.29) is 0 Å². The van der Waals surface area contributed by atoms with Crippen molar-refractivity contribution in [2.24, 2.45) is 0 Å². The molecule has 0 bridgehead atoms. The van der Waals surface area contributed by atoms with Crippen molar-refractivity contribution in [3.63, 3.8) is 0 Å². The molecule has 0 saturated carbocycles. The van der Waals surface area contributed by atoms with Crippen molar-refractivity contribution < 1.29 is 4.79 Å². The number of hydrogen-bond acceptors (Lipinski definition) is 5. The van der Waals surface area contributed by atoms with Gasteiger partial charge in [-0.3, -0.25) is 9.69 Å². The molecule has 1 aromatic heterocycles. The summed E-state index contributed by atoms with van der Waals surface area (Å²) in [5, 5.41) is 1.12. The number of nitrogens with zero attached hydrogens (tertiary/aromatic N) is 3. The molecule has 0 spiro atoms. The van der Waals surface area contributed by atoms with Crippen LogP contribution in [0.1, 0.15) is 22.8 Å². The first-order chi connectivity index (χ1) is 12.6. The predicted molar refractivity (Wildman–Crippen MR) is 116 cm³/mol. The minimum atomic E-state index is 0.414. The van der Waals surface area contributed by atoms with Crippen molar-refractivity contribution >= 4 is 55.6 Å². The Morgan fingerprint density at radius 1 is 1.27 bits per heavy atom. The van der Waals surface area contributed by atoms with Gasteiger partial charge in [-0.25, -0.2) is 4.98 Å². The summed E-state index contributed by atoms with van der Waals surface area (Å²) in [5.41, 5.74) is 3.04. The summed E-state index contributed by atoms with van der Waals surface area (Å²) in [6.45, 7) is 6.13. The fourth-order valence-electron chi connectivity index (χ4n) is 3.49. The predicted octanol–water partition coefficient (Wildman–Crippen LogP) is 4.42. The molecule has 1 aliphatic heterocycles. The van der Waals surface area contributed by atoms with Crippen molar-refractivity contribution in [2.75, 3.05) is 24.5 Å². The standard InChI is InChI=1S/C20H20IN3OS/c1-14-11-23(12-15-3-2-4-16(9-15)13-25)7-8-24(14)20-22-18-6-5-17(21)10-19(18)26-20/h2-6,9-10,13-14H,7-8,11-12H2,1H3. The number of thiazole rings is 1. The molecule has 0 N–H and O–H groups in total. The number of carbonyl (C=O) groups excluding carboxylic acids is 1. The quantitative estimate of drug-likeness (QED) is 0.412. The van der Waals surface area contributed by atoms with E-state index >= 15 is 0 Å². The molecule has 1 saturated heterocycles. The molecule has 3 aromatic rings. The van der Waals surface area contributed by atoms with E-state index in [9.17, 15) is 4.79 Å². The van der Waals surface area contributed by atoms with Gasteiger partial charge in [0.05, 0.1) is 10.2 Å². The van der Waals surface area contributed by atoms with Crippen LogP contribution in [0.4, 0.5) is 5.13 Å². The van der Waals surface area contributed by atoms with Gasteiger partial charge in [0.2, 0.25) is 0 Å². The van der Waals surface area contributed by atoms with Crippen LogP contribution in [0.15, 0.2) is 42.5 Å². The minimum absolute atomic E-state index is 0.414. The molecular formula is C20H20IN3OS. The minimum Gasteiger partial charge on any atom is -0.343 e. The first-order valence-electron chi connectivity index (χ1n) is 8.71. The van der Waals surface area contributed by atoms with Crippen LogP contribution in [0, 0.1) is 3.57 Å². The topological polar surface area (TPSA) is 36.4 Å². The average molecular weight is 477 g/mol. The van der Waals surface area contributed by atoms with Crippen molar-refractivity contribution in [1.29, 1.82) is 0 Å². The second kappa shape index (κ2) is 7.62. The molecule has 0 amide bonds. The van der Waals surface area contributed by atoms with E-state index in [0.717, 1.165) is 48.7 Å². The Morgan fingerprint density at radius 3 is 2.96 bits per heavy atom. The molecule has 1 fully saturated rings. The van der Waals surface area contributed by atoms with Gasteiger partial charge < -0.3 is 4.90 Å². The van der Waals surface area contributed by atoms with E-state index in [4.69, 9.17) is 4.98 Å². The number of piperazine rings is 1. The van der Waals surface area contributed by atoms with E-state index in [1.165, 1.54) is 13.8 Å². The van der Waals surface area contributed by atoms with Crippen LogP contribution in [0.2, 0.25) is 0 Å². The lowest BCUT2D eigenvalue weighted by Crippen LogP contribution is -2.51. The van der Waals surface area contributed by atoms with E-state index in [1.54, 1.807) is 11.3 Å². The molecular weight excluding hydrogens is 457 g/mol. The van der Waals surface area contributed by atoms with Crippen molar-refractivity contribution in [3.05, 3.63) is 57.2 Å². The number of benzene rings is 2.